The molecule has 0 bridgehead atoms. The molecule has 1 N–H and O–H groups in total. The maximum atomic E-state index is 13.5. The number of hydrogen-bond donors (Lipinski definition) is 1. The Labute approximate surface area is 188 Å². The topological polar surface area (TPSA) is 97.9 Å². The van der Waals surface area contributed by atoms with Gasteiger partial charge in [-0.2, -0.15) is 0 Å². The molecule has 0 aliphatic rings. The van der Waals surface area contributed by atoms with E-state index in [4.69, 9.17) is 14.2 Å². The Bertz CT molecular complexity index is 948. The van der Waals surface area contributed by atoms with Gasteiger partial charge in [0.15, 0.2) is 5.78 Å². The summed E-state index contributed by atoms with van der Waals surface area (Å²) in [5.74, 6) is -0.375. The zero-order valence-corrected chi connectivity index (χ0v) is 19.6. The van der Waals surface area contributed by atoms with E-state index in [1.165, 1.54) is 0 Å². The van der Waals surface area contributed by atoms with Gasteiger partial charge in [0, 0.05) is 37.1 Å². The Morgan fingerprint density at radius 1 is 1.09 bits per heavy atom. The first-order chi connectivity index (χ1) is 15.3. The Kier molecular flexibility index (Phi) is 9.02. The number of carbonyl (C=O) groups is 3. The molecule has 0 aliphatic heterocycles. The zero-order chi connectivity index (χ0) is 23.8. The third-order valence-electron chi connectivity index (χ3n) is 5.36. The van der Waals surface area contributed by atoms with Crippen molar-refractivity contribution in [1.29, 1.82) is 0 Å². The van der Waals surface area contributed by atoms with Crippen LogP contribution in [0.5, 0.6) is 5.75 Å². The summed E-state index contributed by atoms with van der Waals surface area (Å²) >= 11 is 0. The van der Waals surface area contributed by atoms with Crippen molar-refractivity contribution in [1.82, 2.24) is 9.88 Å². The molecule has 1 heterocycles. The van der Waals surface area contributed by atoms with E-state index in [9.17, 15) is 14.4 Å². The van der Waals surface area contributed by atoms with E-state index < -0.39 is 12.0 Å². The monoisotopic (exact) mass is 444 g/mol. The molecule has 1 atom stereocenters. The lowest BCUT2D eigenvalue weighted by atomic mass is 9.99. The Morgan fingerprint density at radius 3 is 2.31 bits per heavy atom. The second kappa shape index (κ2) is 11.5. The molecule has 1 aromatic carbocycles. The van der Waals surface area contributed by atoms with Crippen molar-refractivity contribution in [2.24, 2.45) is 0 Å². The number of esters is 1. The average Bonchev–Trinajstić information content (AvgIpc) is 3.09. The summed E-state index contributed by atoms with van der Waals surface area (Å²) in [6.45, 7) is 7.90. The summed E-state index contributed by atoms with van der Waals surface area (Å²) in [5, 5.41) is 0. The summed E-state index contributed by atoms with van der Waals surface area (Å²) < 4.78 is 15.4. The highest BCUT2D eigenvalue weighted by Gasteiger charge is 2.31. The summed E-state index contributed by atoms with van der Waals surface area (Å²) in [6.07, 6.45) is 0.579. The molecule has 0 saturated carbocycles. The molecule has 0 spiro atoms. The number of nitrogens with zero attached hydrogens (tertiary/aromatic N) is 1. The molecule has 1 aromatic heterocycles. The van der Waals surface area contributed by atoms with Gasteiger partial charge in [0.1, 0.15) is 11.4 Å². The standard InChI is InChI=1S/C24H32N2O6/c1-7-32-24(29)21-15(2)20(16(3)25-21)22(27)17(4)26(13-8-14-30-5)23(28)18-9-11-19(31-6)12-10-18/h9-12,17,25H,7-8,13-14H2,1-6H3/t17-/m1/s1. The molecule has 1 amide bonds. The van der Waals surface area contributed by atoms with Crippen molar-refractivity contribution in [2.45, 2.75) is 40.2 Å². The predicted octanol–water partition coefficient (Wildman–Crippen LogP) is 3.57. The van der Waals surface area contributed by atoms with Crippen LogP contribution in [0.1, 0.15) is 62.7 Å². The number of rotatable bonds is 11. The minimum Gasteiger partial charge on any atom is -0.497 e. The Morgan fingerprint density at radius 2 is 1.75 bits per heavy atom. The highest BCUT2D eigenvalue weighted by molar-refractivity contribution is 6.07. The van der Waals surface area contributed by atoms with Crippen LogP contribution in [0.25, 0.3) is 0 Å². The number of aromatic amines is 1. The van der Waals surface area contributed by atoms with Crippen LogP contribution in [0.4, 0.5) is 0 Å². The van der Waals surface area contributed by atoms with Crippen LogP contribution in [0.15, 0.2) is 24.3 Å². The number of ether oxygens (including phenoxy) is 3. The summed E-state index contributed by atoms with van der Waals surface area (Å²) in [5.41, 5.74) is 2.20. The Hall–Kier alpha value is -3.13. The first-order valence-electron chi connectivity index (χ1n) is 10.6. The fraction of sp³-hybridized carbons (Fsp3) is 0.458. The number of Topliss-reactive ketones (excluding diaryl/α,β-unsaturated/α-hetero) is 1. The van der Waals surface area contributed by atoms with E-state index in [1.807, 2.05) is 0 Å². The second-order valence-corrected chi connectivity index (χ2v) is 7.46. The molecular weight excluding hydrogens is 412 g/mol. The molecule has 0 saturated heterocycles. The number of hydrogen-bond acceptors (Lipinski definition) is 6. The van der Waals surface area contributed by atoms with Gasteiger partial charge in [-0.1, -0.05) is 0 Å². The van der Waals surface area contributed by atoms with Gasteiger partial charge >= 0.3 is 5.97 Å². The summed E-state index contributed by atoms with van der Waals surface area (Å²) in [4.78, 5) is 43.5. The molecule has 8 nitrogen and oxygen atoms in total. The summed E-state index contributed by atoms with van der Waals surface area (Å²) in [6, 6.07) is 6.02. The molecule has 0 aliphatic carbocycles. The van der Waals surface area contributed by atoms with Gasteiger partial charge in [-0.3, -0.25) is 9.59 Å². The zero-order valence-electron chi connectivity index (χ0n) is 19.6. The van der Waals surface area contributed by atoms with E-state index >= 15 is 0 Å². The van der Waals surface area contributed by atoms with E-state index in [-0.39, 0.29) is 24.0 Å². The molecule has 0 radical (unpaired) electrons. The number of ketones is 1. The van der Waals surface area contributed by atoms with Crippen LogP contribution in [0, 0.1) is 13.8 Å². The number of aryl methyl sites for hydroxylation is 1. The van der Waals surface area contributed by atoms with Gasteiger partial charge in [-0.15, -0.1) is 0 Å². The number of carbonyl (C=O) groups excluding carboxylic acids is 3. The Balaban J connectivity index is 2.36. The number of methoxy groups -OCH3 is 2. The molecule has 2 rings (SSSR count). The molecule has 0 unspecified atom stereocenters. The maximum Gasteiger partial charge on any atom is 0.355 e. The van der Waals surface area contributed by atoms with E-state index in [0.29, 0.717) is 47.7 Å². The molecule has 8 heteroatoms. The van der Waals surface area contributed by atoms with Gasteiger partial charge in [0.25, 0.3) is 5.91 Å². The van der Waals surface area contributed by atoms with Crippen molar-refractivity contribution in [3.63, 3.8) is 0 Å². The SMILES string of the molecule is CCOC(=O)c1[nH]c(C)c(C(=O)[C@@H](C)N(CCCOC)C(=O)c2ccc(OC)cc2)c1C. The van der Waals surface area contributed by atoms with Gasteiger partial charge in [-0.25, -0.2) is 4.79 Å². The van der Waals surface area contributed by atoms with Crippen LogP contribution < -0.4 is 4.74 Å². The third-order valence-corrected chi connectivity index (χ3v) is 5.36. The lowest BCUT2D eigenvalue weighted by Gasteiger charge is -2.29. The molecule has 0 fully saturated rings. The predicted molar refractivity (Wildman–Crippen MR) is 121 cm³/mol. The largest absolute Gasteiger partial charge is 0.497 e. The third kappa shape index (κ3) is 5.56. The van der Waals surface area contributed by atoms with Crippen molar-refractivity contribution in [3.8, 4) is 5.75 Å². The lowest BCUT2D eigenvalue weighted by Crippen LogP contribution is -2.44. The minimum atomic E-state index is -0.746. The van der Waals surface area contributed by atoms with Crippen molar-refractivity contribution in [3.05, 3.63) is 52.3 Å². The molecular formula is C24H32N2O6. The maximum absolute atomic E-state index is 13.5. The normalized spacial score (nSPS) is 11.7. The van der Waals surface area contributed by atoms with Gasteiger partial charge in [0.05, 0.1) is 19.8 Å². The van der Waals surface area contributed by atoms with Crippen LogP contribution in [0.3, 0.4) is 0 Å². The number of aromatic nitrogens is 1. The van der Waals surface area contributed by atoms with Crippen molar-refractivity contribution in [2.75, 3.05) is 34.0 Å². The lowest BCUT2D eigenvalue weighted by molar-refractivity contribution is 0.0518. The fourth-order valence-corrected chi connectivity index (χ4v) is 3.63. The highest BCUT2D eigenvalue weighted by Crippen LogP contribution is 2.23. The van der Waals surface area contributed by atoms with Crippen LogP contribution >= 0.6 is 0 Å². The first-order valence-corrected chi connectivity index (χ1v) is 10.6. The van der Waals surface area contributed by atoms with Crippen molar-refractivity contribution >= 4 is 17.7 Å². The smallest absolute Gasteiger partial charge is 0.355 e. The number of benzene rings is 1. The van der Waals surface area contributed by atoms with Gasteiger partial charge in [-0.05, 0) is 63.9 Å². The quantitative estimate of drug-likeness (QED) is 0.323. The first kappa shape index (κ1) is 25.1. The van der Waals surface area contributed by atoms with Gasteiger partial charge in [0.2, 0.25) is 0 Å². The van der Waals surface area contributed by atoms with Gasteiger partial charge < -0.3 is 24.1 Å². The van der Waals surface area contributed by atoms with Crippen LogP contribution in [-0.2, 0) is 9.47 Å². The fourth-order valence-electron chi connectivity index (χ4n) is 3.63. The van der Waals surface area contributed by atoms with E-state index in [1.54, 1.807) is 71.1 Å². The molecule has 2 aromatic rings. The molecule has 32 heavy (non-hydrogen) atoms. The average molecular weight is 445 g/mol. The number of H-pyrrole nitrogens is 1. The van der Waals surface area contributed by atoms with Crippen molar-refractivity contribution < 1.29 is 28.6 Å². The summed E-state index contributed by atoms with van der Waals surface area (Å²) in [7, 11) is 3.15. The minimum absolute atomic E-state index is 0.236. The second-order valence-electron chi connectivity index (χ2n) is 7.46. The highest BCUT2D eigenvalue weighted by atomic mass is 16.5. The van der Waals surface area contributed by atoms with E-state index in [2.05, 4.69) is 4.98 Å². The molecule has 174 valence electrons. The number of amides is 1. The number of nitrogens with one attached hydrogen (secondary N) is 1. The van der Waals surface area contributed by atoms with Crippen LogP contribution in [0.2, 0.25) is 0 Å². The van der Waals surface area contributed by atoms with E-state index in [0.717, 1.165) is 0 Å². The van der Waals surface area contributed by atoms with Crippen LogP contribution in [-0.4, -0.2) is 67.6 Å².